The Labute approximate surface area is 104 Å². The maximum absolute atomic E-state index is 11.7. The molecule has 3 N–H and O–H groups in total. The summed E-state index contributed by atoms with van der Waals surface area (Å²) in [4.78, 5) is 23.1. The number of esters is 1. The first-order valence-corrected chi connectivity index (χ1v) is 5.45. The number of benzene rings is 1. The minimum atomic E-state index is -1.09. The summed E-state index contributed by atoms with van der Waals surface area (Å²) in [5.41, 5.74) is 0.274. The summed E-state index contributed by atoms with van der Waals surface area (Å²) < 4.78 is 4.70. The standard InChI is InChI=1S/C12H15NO5/c1-2-18-12(17)10(7-14)13-11(16)8-3-5-9(15)6-4-8/h3-6,10,14-15H,2,7H2,1H3,(H,13,16)/t10-/m0/s1. The Morgan fingerprint density at radius 2 is 1.94 bits per heavy atom. The predicted octanol–water partition coefficient (Wildman–Crippen LogP) is 0.0460. The Hall–Kier alpha value is -2.08. The van der Waals surface area contributed by atoms with Crippen molar-refractivity contribution in [1.29, 1.82) is 0 Å². The Bertz CT molecular complexity index is 415. The summed E-state index contributed by atoms with van der Waals surface area (Å²) in [6.07, 6.45) is 0. The van der Waals surface area contributed by atoms with Crippen LogP contribution in [0, 0.1) is 0 Å². The largest absolute Gasteiger partial charge is 0.508 e. The molecule has 0 saturated heterocycles. The fourth-order valence-electron chi connectivity index (χ4n) is 1.28. The lowest BCUT2D eigenvalue weighted by molar-refractivity contribution is -0.146. The molecule has 1 amide bonds. The molecular formula is C12H15NO5. The fourth-order valence-corrected chi connectivity index (χ4v) is 1.28. The molecule has 98 valence electrons. The number of hydrogen-bond acceptors (Lipinski definition) is 5. The molecule has 0 bridgehead atoms. The van der Waals surface area contributed by atoms with Gasteiger partial charge in [0.05, 0.1) is 13.2 Å². The van der Waals surface area contributed by atoms with Crippen LogP contribution in [0.4, 0.5) is 0 Å². The molecule has 18 heavy (non-hydrogen) atoms. The molecule has 0 heterocycles. The zero-order chi connectivity index (χ0) is 13.5. The molecule has 0 aliphatic carbocycles. The van der Waals surface area contributed by atoms with E-state index < -0.39 is 24.5 Å². The van der Waals surface area contributed by atoms with E-state index in [9.17, 15) is 9.59 Å². The number of aliphatic hydroxyl groups excluding tert-OH is 1. The second-order valence-electron chi connectivity index (χ2n) is 3.51. The van der Waals surface area contributed by atoms with Gasteiger partial charge in [0.15, 0.2) is 6.04 Å². The fraction of sp³-hybridized carbons (Fsp3) is 0.333. The molecule has 0 spiro atoms. The summed E-state index contributed by atoms with van der Waals surface area (Å²) in [6.45, 7) is 1.27. The smallest absolute Gasteiger partial charge is 0.331 e. The zero-order valence-corrected chi connectivity index (χ0v) is 9.92. The minimum Gasteiger partial charge on any atom is -0.508 e. The zero-order valence-electron chi connectivity index (χ0n) is 9.92. The van der Waals surface area contributed by atoms with Crippen molar-refractivity contribution < 1.29 is 24.5 Å². The van der Waals surface area contributed by atoms with Crippen LogP contribution in [0.15, 0.2) is 24.3 Å². The third-order valence-electron chi connectivity index (χ3n) is 2.19. The molecule has 0 aromatic heterocycles. The van der Waals surface area contributed by atoms with Gasteiger partial charge >= 0.3 is 5.97 Å². The predicted molar refractivity (Wildman–Crippen MR) is 63.1 cm³/mol. The number of carbonyl (C=O) groups excluding carboxylic acids is 2. The van der Waals surface area contributed by atoms with Crippen molar-refractivity contribution in [3.8, 4) is 5.75 Å². The highest BCUT2D eigenvalue weighted by atomic mass is 16.5. The van der Waals surface area contributed by atoms with Crippen molar-refractivity contribution in [1.82, 2.24) is 5.32 Å². The van der Waals surface area contributed by atoms with E-state index in [4.69, 9.17) is 14.9 Å². The number of carbonyl (C=O) groups is 2. The summed E-state index contributed by atoms with van der Waals surface area (Å²) in [7, 11) is 0. The number of nitrogens with one attached hydrogen (secondary N) is 1. The lowest BCUT2D eigenvalue weighted by Gasteiger charge is -2.14. The Balaban J connectivity index is 2.67. The van der Waals surface area contributed by atoms with Gasteiger partial charge in [0.25, 0.3) is 5.91 Å². The Kier molecular flexibility index (Phi) is 5.13. The first kappa shape index (κ1) is 14.0. The van der Waals surface area contributed by atoms with Gasteiger partial charge in [-0.3, -0.25) is 4.79 Å². The highest BCUT2D eigenvalue weighted by Gasteiger charge is 2.21. The summed E-state index contributed by atoms with van der Waals surface area (Å²) >= 11 is 0. The van der Waals surface area contributed by atoms with E-state index in [2.05, 4.69) is 5.32 Å². The van der Waals surface area contributed by atoms with Crippen molar-refractivity contribution >= 4 is 11.9 Å². The molecule has 0 aliphatic rings. The van der Waals surface area contributed by atoms with Gasteiger partial charge in [-0.05, 0) is 31.2 Å². The molecule has 1 aromatic rings. The number of phenolic OH excluding ortho intramolecular Hbond substituents is 1. The number of hydrogen-bond donors (Lipinski definition) is 3. The average Bonchev–Trinajstić information content (AvgIpc) is 2.36. The van der Waals surface area contributed by atoms with Gasteiger partial charge in [-0.25, -0.2) is 4.79 Å². The lowest BCUT2D eigenvalue weighted by Crippen LogP contribution is -2.44. The topological polar surface area (TPSA) is 95.9 Å². The highest BCUT2D eigenvalue weighted by Crippen LogP contribution is 2.09. The van der Waals surface area contributed by atoms with E-state index in [1.807, 2.05) is 0 Å². The maximum atomic E-state index is 11.7. The number of rotatable bonds is 5. The summed E-state index contributed by atoms with van der Waals surface area (Å²) in [5, 5.41) is 20.4. The molecule has 6 heteroatoms. The van der Waals surface area contributed by atoms with Crippen LogP contribution in [-0.2, 0) is 9.53 Å². The molecule has 1 rings (SSSR count). The van der Waals surface area contributed by atoms with Crippen LogP contribution in [0.3, 0.4) is 0 Å². The minimum absolute atomic E-state index is 0.0376. The van der Waals surface area contributed by atoms with E-state index in [-0.39, 0.29) is 17.9 Å². The van der Waals surface area contributed by atoms with Gasteiger partial charge in [-0.1, -0.05) is 0 Å². The van der Waals surface area contributed by atoms with Crippen molar-refractivity contribution in [3.05, 3.63) is 29.8 Å². The maximum Gasteiger partial charge on any atom is 0.331 e. The molecule has 0 aliphatic heterocycles. The summed E-state index contributed by atoms with van der Waals surface area (Å²) in [5.74, 6) is -1.18. The van der Waals surface area contributed by atoms with Crippen LogP contribution < -0.4 is 5.32 Å². The highest BCUT2D eigenvalue weighted by molar-refractivity contribution is 5.96. The monoisotopic (exact) mass is 253 g/mol. The first-order chi connectivity index (χ1) is 8.58. The van der Waals surface area contributed by atoms with Crippen LogP contribution in [-0.4, -0.2) is 41.3 Å². The normalized spacial score (nSPS) is 11.7. The van der Waals surface area contributed by atoms with Gasteiger partial charge in [0, 0.05) is 5.56 Å². The first-order valence-electron chi connectivity index (χ1n) is 5.45. The number of phenols is 1. The number of ether oxygens (including phenoxy) is 1. The molecule has 1 atom stereocenters. The van der Waals surface area contributed by atoms with E-state index in [1.54, 1.807) is 6.92 Å². The molecule has 0 radical (unpaired) electrons. The molecule has 0 saturated carbocycles. The van der Waals surface area contributed by atoms with Crippen molar-refractivity contribution in [3.63, 3.8) is 0 Å². The SMILES string of the molecule is CCOC(=O)[C@H](CO)NC(=O)c1ccc(O)cc1. The second-order valence-corrected chi connectivity index (χ2v) is 3.51. The van der Waals surface area contributed by atoms with E-state index in [0.717, 1.165) is 0 Å². The number of aliphatic hydroxyl groups is 1. The molecule has 0 unspecified atom stereocenters. The van der Waals surface area contributed by atoms with Gasteiger partial charge in [0.1, 0.15) is 5.75 Å². The van der Waals surface area contributed by atoms with Crippen LogP contribution in [0.5, 0.6) is 5.75 Å². The molecule has 1 aromatic carbocycles. The number of amides is 1. The molecule has 6 nitrogen and oxygen atoms in total. The quantitative estimate of drug-likeness (QED) is 0.644. The van der Waals surface area contributed by atoms with Crippen LogP contribution in [0.25, 0.3) is 0 Å². The van der Waals surface area contributed by atoms with E-state index in [0.29, 0.717) is 0 Å². The van der Waals surface area contributed by atoms with Gasteiger partial charge < -0.3 is 20.3 Å². The Morgan fingerprint density at radius 1 is 1.33 bits per heavy atom. The molecule has 0 fully saturated rings. The Morgan fingerprint density at radius 3 is 2.44 bits per heavy atom. The number of aromatic hydroxyl groups is 1. The lowest BCUT2D eigenvalue weighted by atomic mass is 10.2. The molecular weight excluding hydrogens is 238 g/mol. The second kappa shape index (κ2) is 6.61. The van der Waals surface area contributed by atoms with Gasteiger partial charge in [-0.2, -0.15) is 0 Å². The van der Waals surface area contributed by atoms with E-state index in [1.165, 1.54) is 24.3 Å². The van der Waals surface area contributed by atoms with Crippen molar-refractivity contribution in [2.45, 2.75) is 13.0 Å². The summed E-state index contributed by atoms with van der Waals surface area (Å²) in [6, 6.07) is 4.43. The van der Waals surface area contributed by atoms with Crippen LogP contribution in [0.1, 0.15) is 17.3 Å². The van der Waals surface area contributed by atoms with Crippen molar-refractivity contribution in [2.24, 2.45) is 0 Å². The van der Waals surface area contributed by atoms with Crippen LogP contribution >= 0.6 is 0 Å². The van der Waals surface area contributed by atoms with E-state index >= 15 is 0 Å². The third-order valence-corrected chi connectivity index (χ3v) is 2.19. The average molecular weight is 253 g/mol. The van der Waals surface area contributed by atoms with Gasteiger partial charge in [-0.15, -0.1) is 0 Å². The third kappa shape index (κ3) is 3.74. The van der Waals surface area contributed by atoms with Crippen LogP contribution in [0.2, 0.25) is 0 Å². The van der Waals surface area contributed by atoms with Crippen molar-refractivity contribution in [2.75, 3.05) is 13.2 Å². The van der Waals surface area contributed by atoms with Gasteiger partial charge in [0.2, 0.25) is 0 Å².